The molecule has 0 aliphatic carbocycles. The minimum absolute atomic E-state index is 0.245. The van der Waals surface area contributed by atoms with Crippen LogP contribution in [0.3, 0.4) is 0 Å². The zero-order valence-electron chi connectivity index (χ0n) is 21.9. The van der Waals surface area contributed by atoms with E-state index in [1.165, 1.54) is 6.92 Å². The molecule has 3 aliphatic heterocycles. The Balaban J connectivity index is 1.92. The lowest BCUT2D eigenvalue weighted by Gasteiger charge is -2.33. The van der Waals surface area contributed by atoms with Crippen molar-refractivity contribution in [2.24, 2.45) is 5.41 Å². The number of ketones is 1. The van der Waals surface area contributed by atoms with Crippen molar-refractivity contribution in [1.29, 1.82) is 0 Å². The smallest absolute Gasteiger partial charge is 0.320 e. The highest BCUT2D eigenvalue weighted by Gasteiger charge is 2.61. The molecular weight excluding hydrogens is 440 g/mol. The molecule has 0 aromatic heterocycles. The van der Waals surface area contributed by atoms with Crippen molar-refractivity contribution in [1.82, 2.24) is 0 Å². The summed E-state index contributed by atoms with van der Waals surface area (Å²) in [4.78, 5) is 26.8. The number of Topliss-reactive ketones (excluding diaryl/α,β-unsaturated/α-hetero) is 1. The SMILES string of the molecule is CC(=O)C(CC=C(C)C)(CC=C(C)C)C(=O)O[C@@H]1[C@H]2OC(C)(C)O[C@H]2O[C@@H]1[C@H]1COC(C)(C)O1. The van der Waals surface area contributed by atoms with E-state index in [-0.39, 0.29) is 25.2 Å². The molecule has 0 aromatic carbocycles. The van der Waals surface area contributed by atoms with Gasteiger partial charge in [-0.2, -0.15) is 0 Å². The van der Waals surface area contributed by atoms with Crippen LogP contribution in [0.2, 0.25) is 0 Å². The van der Waals surface area contributed by atoms with Gasteiger partial charge in [-0.15, -0.1) is 0 Å². The Morgan fingerprint density at radius 2 is 1.47 bits per heavy atom. The van der Waals surface area contributed by atoms with Gasteiger partial charge in [-0.25, -0.2) is 0 Å². The minimum atomic E-state index is -1.35. The Labute approximate surface area is 202 Å². The normalized spacial score (nSPS) is 31.6. The lowest BCUT2D eigenvalue weighted by atomic mass is 9.76. The maximum absolute atomic E-state index is 13.8. The highest BCUT2D eigenvalue weighted by molar-refractivity contribution is 6.03. The van der Waals surface area contributed by atoms with Crippen LogP contribution < -0.4 is 0 Å². The minimum Gasteiger partial charge on any atom is -0.456 e. The van der Waals surface area contributed by atoms with E-state index in [0.29, 0.717) is 0 Å². The Morgan fingerprint density at radius 1 is 0.882 bits per heavy atom. The first kappa shape index (κ1) is 27.0. The van der Waals surface area contributed by atoms with Crippen molar-refractivity contribution in [3.05, 3.63) is 23.3 Å². The molecule has 34 heavy (non-hydrogen) atoms. The van der Waals surface area contributed by atoms with Gasteiger partial charge in [0.1, 0.15) is 23.4 Å². The van der Waals surface area contributed by atoms with E-state index in [2.05, 4.69) is 0 Å². The van der Waals surface area contributed by atoms with Crippen LogP contribution in [-0.4, -0.2) is 60.6 Å². The third-order valence-electron chi connectivity index (χ3n) is 6.45. The van der Waals surface area contributed by atoms with Crippen molar-refractivity contribution < 1.29 is 38.0 Å². The second kappa shape index (κ2) is 9.82. The average molecular weight is 481 g/mol. The van der Waals surface area contributed by atoms with Crippen molar-refractivity contribution in [2.45, 2.75) is 117 Å². The van der Waals surface area contributed by atoms with Crippen molar-refractivity contribution >= 4 is 11.8 Å². The van der Waals surface area contributed by atoms with Crippen LogP contribution in [0.1, 0.15) is 75.2 Å². The quantitative estimate of drug-likeness (QED) is 0.290. The Kier molecular flexibility index (Phi) is 7.80. The fourth-order valence-corrected chi connectivity index (χ4v) is 4.49. The molecule has 8 nitrogen and oxygen atoms in total. The van der Waals surface area contributed by atoms with Gasteiger partial charge in [0, 0.05) is 0 Å². The summed E-state index contributed by atoms with van der Waals surface area (Å²) >= 11 is 0. The van der Waals surface area contributed by atoms with Gasteiger partial charge in [0.05, 0.1) is 6.61 Å². The molecule has 0 amide bonds. The van der Waals surface area contributed by atoms with E-state index in [4.69, 9.17) is 28.4 Å². The molecule has 0 spiro atoms. The molecule has 5 atom stereocenters. The van der Waals surface area contributed by atoms with Crippen LogP contribution in [0, 0.1) is 5.41 Å². The first-order valence-electron chi connectivity index (χ1n) is 12.0. The summed E-state index contributed by atoms with van der Waals surface area (Å²) in [5.41, 5.74) is 0.690. The third kappa shape index (κ3) is 5.79. The topological polar surface area (TPSA) is 89.5 Å². The molecule has 0 unspecified atom stereocenters. The predicted octanol–water partition coefficient (Wildman–Crippen LogP) is 4.21. The van der Waals surface area contributed by atoms with Crippen LogP contribution in [0.4, 0.5) is 0 Å². The van der Waals surface area contributed by atoms with E-state index >= 15 is 0 Å². The van der Waals surface area contributed by atoms with Gasteiger partial charge in [0.15, 0.2) is 30.1 Å². The summed E-state index contributed by atoms with van der Waals surface area (Å²) in [5, 5.41) is 0. The lowest BCUT2D eigenvalue weighted by molar-refractivity contribution is -0.236. The van der Waals surface area contributed by atoms with Crippen LogP contribution >= 0.6 is 0 Å². The molecule has 3 rings (SSSR count). The standard InChI is InChI=1S/C26H40O8/c1-15(2)10-12-26(17(5)27,13-11-16(3)4)23(28)31-20-19(18-14-29-24(6,7)32-18)30-22-21(20)33-25(8,9)34-22/h10-11,18-22H,12-14H2,1-9H3/t18-,19-,20+,21-,22-/m1/s1. The van der Waals surface area contributed by atoms with Crippen LogP contribution in [0.25, 0.3) is 0 Å². The van der Waals surface area contributed by atoms with Crippen LogP contribution in [0.15, 0.2) is 23.3 Å². The van der Waals surface area contributed by atoms with E-state index in [9.17, 15) is 9.59 Å². The molecule has 3 heterocycles. The molecule has 0 N–H and O–H groups in total. The second-order valence-corrected chi connectivity index (χ2v) is 10.9. The fourth-order valence-electron chi connectivity index (χ4n) is 4.49. The van der Waals surface area contributed by atoms with Crippen molar-refractivity contribution in [3.8, 4) is 0 Å². The number of carbonyl (C=O) groups is 2. The molecule has 3 saturated heterocycles. The molecule has 8 heteroatoms. The largest absolute Gasteiger partial charge is 0.456 e. The van der Waals surface area contributed by atoms with Crippen molar-refractivity contribution in [3.63, 3.8) is 0 Å². The number of fused-ring (bicyclic) bond motifs is 1. The van der Waals surface area contributed by atoms with Crippen LogP contribution in [0.5, 0.6) is 0 Å². The van der Waals surface area contributed by atoms with Crippen LogP contribution in [-0.2, 0) is 38.0 Å². The van der Waals surface area contributed by atoms with Gasteiger partial charge in [0.25, 0.3) is 0 Å². The Morgan fingerprint density at radius 3 is 1.94 bits per heavy atom. The van der Waals surface area contributed by atoms with E-state index in [1.807, 2.05) is 53.7 Å². The van der Waals surface area contributed by atoms with E-state index < -0.39 is 53.7 Å². The van der Waals surface area contributed by atoms with Gasteiger partial charge in [-0.1, -0.05) is 23.3 Å². The number of ether oxygens (including phenoxy) is 6. The fraction of sp³-hybridized carbons (Fsp3) is 0.769. The number of hydrogen-bond donors (Lipinski definition) is 0. The molecule has 0 radical (unpaired) electrons. The number of carbonyl (C=O) groups excluding carboxylic acids is 2. The molecule has 3 fully saturated rings. The molecule has 0 aromatic rings. The highest BCUT2D eigenvalue weighted by Crippen LogP contribution is 2.43. The zero-order valence-corrected chi connectivity index (χ0v) is 21.9. The van der Waals surface area contributed by atoms with Gasteiger partial charge < -0.3 is 28.4 Å². The molecule has 192 valence electrons. The first-order chi connectivity index (χ1) is 15.7. The summed E-state index contributed by atoms with van der Waals surface area (Å²) in [6, 6.07) is 0. The van der Waals surface area contributed by atoms with Gasteiger partial charge in [0.2, 0.25) is 0 Å². The maximum Gasteiger partial charge on any atom is 0.320 e. The Bertz CT molecular complexity index is 827. The molecular formula is C26H40O8. The number of esters is 1. The zero-order chi connectivity index (χ0) is 25.5. The molecule has 3 aliphatic rings. The van der Waals surface area contributed by atoms with Gasteiger partial charge in [-0.05, 0) is 75.2 Å². The van der Waals surface area contributed by atoms with Gasteiger partial charge >= 0.3 is 5.97 Å². The number of rotatable bonds is 8. The summed E-state index contributed by atoms with van der Waals surface area (Å²) in [5.74, 6) is -2.51. The maximum atomic E-state index is 13.8. The summed E-state index contributed by atoms with van der Waals surface area (Å²) in [6.07, 6.45) is 0.990. The van der Waals surface area contributed by atoms with Crippen molar-refractivity contribution in [2.75, 3.05) is 6.61 Å². The first-order valence-corrected chi connectivity index (χ1v) is 12.0. The lowest BCUT2D eigenvalue weighted by Crippen LogP contribution is -2.49. The third-order valence-corrected chi connectivity index (χ3v) is 6.45. The van der Waals surface area contributed by atoms with Gasteiger partial charge in [-0.3, -0.25) is 9.59 Å². The second-order valence-electron chi connectivity index (χ2n) is 10.9. The Hall–Kier alpha value is -1.58. The summed E-state index contributed by atoms with van der Waals surface area (Å²) in [7, 11) is 0. The number of hydrogen-bond acceptors (Lipinski definition) is 8. The summed E-state index contributed by atoms with van der Waals surface area (Å²) in [6.45, 7) is 16.7. The predicted molar refractivity (Wildman–Crippen MR) is 125 cm³/mol. The van der Waals surface area contributed by atoms with E-state index in [1.54, 1.807) is 13.8 Å². The molecule has 0 saturated carbocycles. The monoisotopic (exact) mass is 480 g/mol. The van der Waals surface area contributed by atoms with E-state index in [0.717, 1.165) is 11.1 Å². The molecule has 0 bridgehead atoms. The number of allylic oxidation sites excluding steroid dienone is 4. The summed E-state index contributed by atoms with van der Waals surface area (Å²) < 4.78 is 36.0. The average Bonchev–Trinajstić information content (AvgIpc) is 3.31. The highest BCUT2D eigenvalue weighted by atomic mass is 16.8.